The summed E-state index contributed by atoms with van der Waals surface area (Å²) in [7, 11) is 0. The molecule has 2 heterocycles. The third kappa shape index (κ3) is 3.39. The van der Waals surface area contributed by atoms with Crippen LogP contribution in [0.5, 0.6) is 0 Å². The van der Waals surface area contributed by atoms with Crippen LogP contribution in [0.1, 0.15) is 24.8 Å². The van der Waals surface area contributed by atoms with E-state index in [1.165, 1.54) is 12.1 Å². The quantitative estimate of drug-likeness (QED) is 0.917. The second-order valence-electron chi connectivity index (χ2n) is 5.22. The van der Waals surface area contributed by atoms with E-state index in [4.69, 9.17) is 9.57 Å². The number of rotatable bonds is 4. The molecule has 0 radical (unpaired) electrons. The Morgan fingerprint density at radius 3 is 2.90 bits per heavy atom. The lowest BCUT2D eigenvalue weighted by Crippen LogP contribution is -2.39. The minimum absolute atomic E-state index is 0.104. The number of amides is 1. The Hall–Kier alpha value is -1.95. The molecule has 0 spiro atoms. The summed E-state index contributed by atoms with van der Waals surface area (Å²) >= 11 is 0. The molecule has 2 aliphatic heterocycles. The highest BCUT2D eigenvalue weighted by Gasteiger charge is 2.29. The molecule has 3 rings (SSSR count). The number of carbonyl (C=O) groups excluding carboxylic acids is 1. The molecule has 1 amide bonds. The van der Waals surface area contributed by atoms with Gasteiger partial charge in [-0.25, -0.2) is 4.39 Å². The van der Waals surface area contributed by atoms with E-state index in [2.05, 4.69) is 10.5 Å². The van der Waals surface area contributed by atoms with E-state index < -0.39 is 6.10 Å². The molecule has 21 heavy (non-hydrogen) atoms. The lowest BCUT2D eigenvalue weighted by Gasteiger charge is -2.13. The number of hydrogen-bond acceptors (Lipinski definition) is 4. The Morgan fingerprint density at radius 2 is 2.19 bits per heavy atom. The third-order valence-electron chi connectivity index (χ3n) is 3.67. The molecule has 6 heteroatoms. The van der Waals surface area contributed by atoms with Gasteiger partial charge in [-0.15, -0.1) is 0 Å². The van der Waals surface area contributed by atoms with Crippen LogP contribution in [0.3, 0.4) is 0 Å². The molecule has 5 nitrogen and oxygen atoms in total. The van der Waals surface area contributed by atoms with Gasteiger partial charge >= 0.3 is 0 Å². The first-order valence-electron chi connectivity index (χ1n) is 7.10. The fourth-order valence-electron chi connectivity index (χ4n) is 2.46. The van der Waals surface area contributed by atoms with Crippen LogP contribution in [0.4, 0.5) is 4.39 Å². The van der Waals surface area contributed by atoms with Crippen LogP contribution < -0.4 is 5.32 Å². The monoisotopic (exact) mass is 292 g/mol. The van der Waals surface area contributed by atoms with Crippen LogP contribution >= 0.6 is 0 Å². The summed E-state index contributed by atoms with van der Waals surface area (Å²) in [5.74, 6) is -0.490. The van der Waals surface area contributed by atoms with Gasteiger partial charge in [-0.1, -0.05) is 17.3 Å². The molecule has 0 aromatic heterocycles. The van der Waals surface area contributed by atoms with Gasteiger partial charge in [-0.2, -0.15) is 0 Å². The Labute approximate surface area is 122 Å². The molecular weight excluding hydrogens is 275 g/mol. The zero-order valence-electron chi connectivity index (χ0n) is 11.5. The number of benzene rings is 1. The number of oxime groups is 1. The number of ether oxygens (including phenoxy) is 1. The minimum atomic E-state index is -0.619. The molecular formula is C15H17FN2O3. The Bertz CT molecular complexity index is 538. The zero-order valence-corrected chi connectivity index (χ0v) is 11.5. The second-order valence-corrected chi connectivity index (χ2v) is 5.22. The van der Waals surface area contributed by atoms with Crippen LogP contribution in [0, 0.1) is 5.82 Å². The first-order valence-corrected chi connectivity index (χ1v) is 7.10. The van der Waals surface area contributed by atoms with Crippen molar-refractivity contribution in [2.24, 2.45) is 5.16 Å². The number of halogens is 1. The average Bonchev–Trinajstić information content (AvgIpc) is 3.17. The van der Waals surface area contributed by atoms with Crippen molar-refractivity contribution in [2.45, 2.75) is 31.5 Å². The lowest BCUT2D eigenvalue weighted by atomic mass is 10.0. The average molecular weight is 292 g/mol. The third-order valence-corrected chi connectivity index (χ3v) is 3.67. The van der Waals surface area contributed by atoms with Gasteiger partial charge in [-0.3, -0.25) is 4.79 Å². The fourth-order valence-corrected chi connectivity index (χ4v) is 2.46. The van der Waals surface area contributed by atoms with Gasteiger partial charge in [0, 0.05) is 19.6 Å². The van der Waals surface area contributed by atoms with E-state index >= 15 is 0 Å². The van der Waals surface area contributed by atoms with E-state index in [0.29, 0.717) is 18.7 Å². The molecule has 2 aliphatic rings. The lowest BCUT2D eigenvalue weighted by molar-refractivity contribution is -0.131. The summed E-state index contributed by atoms with van der Waals surface area (Å²) in [6.45, 7) is 1.27. The van der Waals surface area contributed by atoms with Crippen LogP contribution in [-0.2, 0) is 14.4 Å². The maximum atomic E-state index is 12.9. The van der Waals surface area contributed by atoms with Gasteiger partial charge in [0.2, 0.25) is 6.10 Å². The largest absolute Gasteiger partial charge is 0.382 e. The molecule has 112 valence electrons. The van der Waals surface area contributed by atoms with E-state index in [1.807, 2.05) is 0 Å². The van der Waals surface area contributed by atoms with E-state index in [0.717, 1.165) is 25.0 Å². The SMILES string of the molecule is O=C(NC[C@H]1CCCO1)[C@@H]1CC(c2ccc(F)cc2)=NO1. The van der Waals surface area contributed by atoms with Gasteiger partial charge in [-0.05, 0) is 30.5 Å². The predicted octanol–water partition coefficient (Wildman–Crippen LogP) is 1.61. The van der Waals surface area contributed by atoms with E-state index in [9.17, 15) is 9.18 Å². The molecule has 1 fully saturated rings. The van der Waals surface area contributed by atoms with Crippen molar-refractivity contribution in [1.29, 1.82) is 0 Å². The summed E-state index contributed by atoms with van der Waals surface area (Å²) in [6, 6.07) is 5.99. The van der Waals surface area contributed by atoms with Crippen molar-refractivity contribution in [3.8, 4) is 0 Å². The number of carbonyl (C=O) groups is 1. The van der Waals surface area contributed by atoms with Gasteiger partial charge in [0.05, 0.1) is 11.8 Å². The van der Waals surface area contributed by atoms with Gasteiger partial charge < -0.3 is 14.9 Å². The van der Waals surface area contributed by atoms with Crippen LogP contribution in [0.2, 0.25) is 0 Å². The Kier molecular flexibility index (Phi) is 4.15. The molecule has 2 atom stereocenters. The van der Waals surface area contributed by atoms with Crippen molar-refractivity contribution in [3.05, 3.63) is 35.6 Å². The molecule has 0 unspecified atom stereocenters. The van der Waals surface area contributed by atoms with Crippen molar-refractivity contribution in [3.63, 3.8) is 0 Å². The van der Waals surface area contributed by atoms with E-state index in [1.54, 1.807) is 12.1 Å². The van der Waals surface area contributed by atoms with Crippen LogP contribution in [0.25, 0.3) is 0 Å². The minimum Gasteiger partial charge on any atom is -0.382 e. The highest BCUT2D eigenvalue weighted by Crippen LogP contribution is 2.17. The highest BCUT2D eigenvalue weighted by atomic mass is 19.1. The topological polar surface area (TPSA) is 59.9 Å². The Balaban J connectivity index is 1.50. The van der Waals surface area contributed by atoms with E-state index in [-0.39, 0.29) is 17.8 Å². The number of nitrogens with zero attached hydrogens (tertiary/aromatic N) is 1. The molecule has 1 saturated heterocycles. The van der Waals surface area contributed by atoms with Gasteiger partial charge in [0.15, 0.2) is 0 Å². The molecule has 0 aliphatic carbocycles. The molecule has 0 saturated carbocycles. The fraction of sp³-hybridized carbons (Fsp3) is 0.467. The summed E-state index contributed by atoms with van der Waals surface area (Å²) in [4.78, 5) is 17.2. The first-order chi connectivity index (χ1) is 10.2. The Morgan fingerprint density at radius 1 is 1.38 bits per heavy atom. The molecule has 1 aromatic carbocycles. The number of hydrogen-bond donors (Lipinski definition) is 1. The van der Waals surface area contributed by atoms with Crippen molar-refractivity contribution < 1.29 is 18.8 Å². The zero-order chi connectivity index (χ0) is 14.7. The van der Waals surface area contributed by atoms with Gasteiger partial charge in [0.1, 0.15) is 5.82 Å². The van der Waals surface area contributed by atoms with Crippen LogP contribution in [0.15, 0.2) is 29.4 Å². The smallest absolute Gasteiger partial charge is 0.264 e. The maximum absolute atomic E-state index is 12.9. The first kappa shape index (κ1) is 14.0. The van der Waals surface area contributed by atoms with Crippen LogP contribution in [-0.4, -0.2) is 37.0 Å². The second kappa shape index (κ2) is 6.22. The summed E-state index contributed by atoms with van der Waals surface area (Å²) in [6.07, 6.45) is 1.89. The molecule has 1 N–H and O–H groups in total. The standard InChI is InChI=1S/C15H17FN2O3/c16-11-5-3-10(4-6-11)13-8-14(21-18-13)15(19)17-9-12-2-1-7-20-12/h3-6,12,14H,1-2,7-9H2,(H,17,19)/t12-,14+/m1/s1. The van der Waals surface area contributed by atoms with Crippen molar-refractivity contribution in [2.75, 3.05) is 13.2 Å². The maximum Gasteiger partial charge on any atom is 0.264 e. The summed E-state index contributed by atoms with van der Waals surface area (Å²) < 4.78 is 18.3. The normalized spacial score (nSPS) is 24.5. The molecule has 1 aromatic rings. The van der Waals surface area contributed by atoms with Crippen molar-refractivity contribution in [1.82, 2.24) is 5.32 Å². The number of nitrogens with one attached hydrogen (secondary N) is 1. The predicted molar refractivity (Wildman–Crippen MR) is 74.4 cm³/mol. The molecule has 0 bridgehead atoms. The summed E-state index contributed by atoms with van der Waals surface area (Å²) in [5.41, 5.74) is 1.43. The highest BCUT2D eigenvalue weighted by molar-refractivity contribution is 6.04. The van der Waals surface area contributed by atoms with Gasteiger partial charge in [0.25, 0.3) is 5.91 Å². The summed E-state index contributed by atoms with van der Waals surface area (Å²) in [5, 5.41) is 6.75. The van der Waals surface area contributed by atoms with Crippen molar-refractivity contribution >= 4 is 11.6 Å².